The van der Waals surface area contributed by atoms with E-state index in [4.69, 9.17) is 4.74 Å². The lowest BCUT2D eigenvalue weighted by molar-refractivity contribution is -0.0247. The van der Waals surface area contributed by atoms with Crippen LogP contribution >= 0.6 is 0 Å². The van der Waals surface area contributed by atoms with Crippen LogP contribution in [-0.4, -0.2) is 45.5 Å². The number of aromatic nitrogens is 3. The number of hydrogen-bond acceptors (Lipinski definition) is 5. The topological polar surface area (TPSA) is 68.2 Å². The van der Waals surface area contributed by atoms with Crippen molar-refractivity contribution in [1.82, 2.24) is 19.9 Å². The van der Waals surface area contributed by atoms with Gasteiger partial charge in [-0.15, -0.1) is 0 Å². The summed E-state index contributed by atoms with van der Waals surface area (Å²) >= 11 is 0. The van der Waals surface area contributed by atoms with Crippen molar-refractivity contribution in [2.24, 2.45) is 0 Å². The Labute approximate surface area is 174 Å². The first-order valence-corrected chi connectivity index (χ1v) is 9.91. The van der Waals surface area contributed by atoms with Crippen molar-refractivity contribution in [2.75, 3.05) is 19.7 Å². The first-order chi connectivity index (χ1) is 14.8. The monoisotopic (exact) mass is 396 g/mol. The van der Waals surface area contributed by atoms with E-state index in [1.165, 1.54) is 0 Å². The van der Waals surface area contributed by atoms with Gasteiger partial charge < -0.3 is 9.64 Å². The molecule has 1 fully saturated rings. The molecule has 0 aliphatic carbocycles. The van der Waals surface area contributed by atoms with Crippen molar-refractivity contribution >= 4 is 16.8 Å². The molecule has 1 aliphatic heterocycles. The molecular formula is C24H20N4O2. The van der Waals surface area contributed by atoms with E-state index in [1.807, 2.05) is 65.6 Å². The Hall–Kier alpha value is -3.64. The fourth-order valence-corrected chi connectivity index (χ4v) is 3.76. The number of ether oxygens (including phenoxy) is 1. The van der Waals surface area contributed by atoms with E-state index < -0.39 is 0 Å². The molecule has 3 aromatic heterocycles. The summed E-state index contributed by atoms with van der Waals surface area (Å²) in [4.78, 5) is 28.2. The summed E-state index contributed by atoms with van der Waals surface area (Å²) in [7, 11) is 0. The Morgan fingerprint density at radius 1 is 0.900 bits per heavy atom. The van der Waals surface area contributed by atoms with Crippen LogP contribution in [0.1, 0.15) is 22.2 Å². The van der Waals surface area contributed by atoms with Gasteiger partial charge in [0.2, 0.25) is 0 Å². The average Bonchev–Trinajstić information content (AvgIpc) is 2.84. The maximum Gasteiger partial charge on any atom is 0.254 e. The normalized spacial score (nSPS) is 16.5. The molecule has 1 atom stereocenters. The summed E-state index contributed by atoms with van der Waals surface area (Å²) in [5, 5.41) is 0.991. The molecule has 1 unspecified atom stereocenters. The Bertz CT molecular complexity index is 1170. The molecule has 148 valence electrons. The zero-order valence-corrected chi connectivity index (χ0v) is 16.3. The molecule has 0 saturated carbocycles. The van der Waals surface area contributed by atoms with Crippen molar-refractivity contribution in [2.45, 2.75) is 6.10 Å². The molecule has 6 heteroatoms. The largest absolute Gasteiger partial charge is 0.368 e. The van der Waals surface area contributed by atoms with Gasteiger partial charge in [-0.05, 0) is 42.5 Å². The van der Waals surface area contributed by atoms with E-state index in [9.17, 15) is 4.79 Å². The lowest BCUT2D eigenvalue weighted by atomic mass is 10.0. The van der Waals surface area contributed by atoms with E-state index in [-0.39, 0.29) is 12.0 Å². The van der Waals surface area contributed by atoms with E-state index in [1.54, 1.807) is 18.6 Å². The van der Waals surface area contributed by atoms with Gasteiger partial charge in [0.05, 0.1) is 30.1 Å². The van der Waals surface area contributed by atoms with Crippen LogP contribution in [0.4, 0.5) is 0 Å². The maximum absolute atomic E-state index is 13.1. The Balaban J connectivity index is 1.37. The highest BCUT2D eigenvalue weighted by molar-refractivity contribution is 5.96. The van der Waals surface area contributed by atoms with Gasteiger partial charge in [-0.1, -0.05) is 18.2 Å². The van der Waals surface area contributed by atoms with Gasteiger partial charge in [-0.3, -0.25) is 19.7 Å². The molecule has 0 radical (unpaired) electrons. The number of nitrogens with zero attached hydrogens (tertiary/aromatic N) is 4. The number of rotatable bonds is 3. The molecule has 6 nitrogen and oxygen atoms in total. The quantitative estimate of drug-likeness (QED) is 0.525. The number of morpholine rings is 1. The highest BCUT2D eigenvalue weighted by atomic mass is 16.5. The zero-order chi connectivity index (χ0) is 20.3. The minimum Gasteiger partial charge on any atom is -0.368 e. The van der Waals surface area contributed by atoms with Crippen molar-refractivity contribution in [3.63, 3.8) is 0 Å². The predicted octanol–water partition coefficient (Wildman–Crippen LogP) is 3.91. The van der Waals surface area contributed by atoms with Crippen LogP contribution in [0.5, 0.6) is 0 Å². The van der Waals surface area contributed by atoms with Crippen LogP contribution in [0.25, 0.3) is 22.2 Å². The number of amides is 1. The number of pyridine rings is 3. The fourth-order valence-electron chi connectivity index (χ4n) is 3.76. The van der Waals surface area contributed by atoms with Crippen molar-refractivity contribution in [3.8, 4) is 11.3 Å². The number of benzene rings is 1. The van der Waals surface area contributed by atoms with Gasteiger partial charge in [0, 0.05) is 41.6 Å². The van der Waals surface area contributed by atoms with Crippen LogP contribution in [0.2, 0.25) is 0 Å². The average molecular weight is 396 g/mol. The third-order valence-corrected chi connectivity index (χ3v) is 5.31. The summed E-state index contributed by atoms with van der Waals surface area (Å²) in [5.41, 5.74) is 4.22. The molecule has 0 spiro atoms. The Morgan fingerprint density at radius 2 is 1.77 bits per heavy atom. The molecule has 30 heavy (non-hydrogen) atoms. The van der Waals surface area contributed by atoms with E-state index >= 15 is 0 Å². The summed E-state index contributed by atoms with van der Waals surface area (Å²) in [6.45, 7) is 1.56. The van der Waals surface area contributed by atoms with Crippen LogP contribution in [0, 0.1) is 0 Å². The number of hydrogen-bond donors (Lipinski definition) is 0. The second kappa shape index (κ2) is 8.00. The molecule has 1 saturated heterocycles. The second-order valence-electron chi connectivity index (χ2n) is 7.17. The maximum atomic E-state index is 13.1. The first kappa shape index (κ1) is 18.4. The van der Waals surface area contributed by atoms with Crippen LogP contribution in [-0.2, 0) is 4.74 Å². The van der Waals surface area contributed by atoms with Crippen molar-refractivity contribution in [3.05, 3.63) is 90.5 Å². The Kier molecular flexibility index (Phi) is 4.91. The molecule has 1 aliphatic rings. The molecule has 1 amide bonds. The lowest BCUT2D eigenvalue weighted by Gasteiger charge is -2.32. The lowest BCUT2D eigenvalue weighted by Crippen LogP contribution is -2.42. The summed E-state index contributed by atoms with van der Waals surface area (Å²) < 4.78 is 5.83. The molecule has 0 bridgehead atoms. The molecule has 0 N–H and O–H groups in total. The van der Waals surface area contributed by atoms with Crippen molar-refractivity contribution in [1.29, 1.82) is 0 Å². The molecule has 4 heterocycles. The number of carbonyl (C=O) groups is 1. The third kappa shape index (κ3) is 3.53. The smallest absolute Gasteiger partial charge is 0.254 e. The first-order valence-electron chi connectivity index (χ1n) is 9.91. The molecule has 1 aromatic carbocycles. The summed E-state index contributed by atoms with van der Waals surface area (Å²) in [5.74, 6) is -0.00155. The standard InChI is InChI=1S/C24H20N4O2/c29-24(28-14-15-30-22(16-28)21-5-1-2-11-26-21)18-8-6-17(7-9-18)23-19-4-3-12-25-20(19)10-13-27-23/h1-13,22H,14-16H2. The number of carbonyl (C=O) groups excluding carboxylic acids is 1. The van der Waals surface area contributed by atoms with Gasteiger partial charge in [0.1, 0.15) is 6.10 Å². The molecular weight excluding hydrogens is 376 g/mol. The van der Waals surface area contributed by atoms with E-state index in [0.29, 0.717) is 25.3 Å². The van der Waals surface area contributed by atoms with Crippen LogP contribution < -0.4 is 0 Å². The molecule has 4 aromatic rings. The van der Waals surface area contributed by atoms with Crippen LogP contribution in [0.15, 0.2) is 79.3 Å². The minimum atomic E-state index is -0.199. The zero-order valence-electron chi connectivity index (χ0n) is 16.3. The highest BCUT2D eigenvalue weighted by Gasteiger charge is 2.26. The number of fused-ring (bicyclic) bond motifs is 1. The van der Waals surface area contributed by atoms with Gasteiger partial charge in [0.15, 0.2) is 0 Å². The third-order valence-electron chi connectivity index (χ3n) is 5.31. The van der Waals surface area contributed by atoms with E-state index in [0.717, 1.165) is 27.9 Å². The SMILES string of the molecule is O=C(c1ccc(-c2nccc3ncccc23)cc1)N1CCOC(c2ccccn2)C1. The van der Waals surface area contributed by atoms with Gasteiger partial charge in [-0.25, -0.2) is 0 Å². The van der Waals surface area contributed by atoms with Gasteiger partial charge in [-0.2, -0.15) is 0 Å². The van der Waals surface area contributed by atoms with Crippen LogP contribution in [0.3, 0.4) is 0 Å². The minimum absolute atomic E-state index is 0.00155. The summed E-state index contributed by atoms with van der Waals surface area (Å²) in [6, 6.07) is 19.2. The summed E-state index contributed by atoms with van der Waals surface area (Å²) in [6.07, 6.45) is 5.08. The van der Waals surface area contributed by atoms with E-state index in [2.05, 4.69) is 15.0 Å². The van der Waals surface area contributed by atoms with Crippen molar-refractivity contribution < 1.29 is 9.53 Å². The fraction of sp³-hybridized carbons (Fsp3) is 0.167. The Morgan fingerprint density at radius 3 is 2.60 bits per heavy atom. The second-order valence-corrected chi connectivity index (χ2v) is 7.17. The van der Waals surface area contributed by atoms with Gasteiger partial charge in [0.25, 0.3) is 5.91 Å². The highest BCUT2D eigenvalue weighted by Crippen LogP contribution is 2.26. The molecule has 5 rings (SSSR count). The van der Waals surface area contributed by atoms with Gasteiger partial charge >= 0.3 is 0 Å². The predicted molar refractivity (Wildman–Crippen MR) is 114 cm³/mol.